The van der Waals surface area contributed by atoms with Crippen molar-refractivity contribution in [3.8, 4) is 0 Å². The predicted molar refractivity (Wildman–Crippen MR) is 130 cm³/mol. The maximum atomic E-state index is 13.1. The van der Waals surface area contributed by atoms with Gasteiger partial charge < -0.3 is 9.88 Å². The molecule has 1 aliphatic rings. The van der Waals surface area contributed by atoms with Crippen molar-refractivity contribution in [2.24, 2.45) is 4.99 Å². The van der Waals surface area contributed by atoms with E-state index >= 15 is 0 Å². The number of carbonyl (C=O) groups is 1. The molecule has 4 nitrogen and oxygen atoms in total. The van der Waals surface area contributed by atoms with Gasteiger partial charge in [0, 0.05) is 34.2 Å². The minimum Gasteiger partial charge on any atom is -0.342 e. The Balaban J connectivity index is 1.46. The number of carbonyl (C=O) groups excluding carboxylic acids is 1. The molecule has 0 radical (unpaired) electrons. The van der Waals surface area contributed by atoms with Gasteiger partial charge in [-0.05, 0) is 65.9 Å². The molecule has 32 heavy (non-hydrogen) atoms. The number of halogens is 2. The molecule has 4 aromatic rings. The Morgan fingerprint density at radius 3 is 2.56 bits per heavy atom. The van der Waals surface area contributed by atoms with Crippen LogP contribution in [0.4, 0.5) is 10.1 Å². The van der Waals surface area contributed by atoms with Crippen molar-refractivity contribution >= 4 is 57.1 Å². The zero-order valence-corrected chi connectivity index (χ0v) is 18.3. The van der Waals surface area contributed by atoms with Gasteiger partial charge in [0.05, 0.1) is 10.6 Å². The zero-order chi connectivity index (χ0) is 22.1. The van der Waals surface area contributed by atoms with Crippen molar-refractivity contribution in [1.82, 2.24) is 9.88 Å². The molecular weight excluding hydrogens is 445 g/mol. The number of nitrogens with one attached hydrogen (secondary N) is 1. The van der Waals surface area contributed by atoms with Crippen molar-refractivity contribution in [3.05, 3.63) is 106 Å². The van der Waals surface area contributed by atoms with E-state index in [4.69, 9.17) is 11.6 Å². The van der Waals surface area contributed by atoms with Crippen LogP contribution in [-0.4, -0.2) is 15.6 Å². The summed E-state index contributed by atoms with van der Waals surface area (Å²) < 4.78 is 15.3. The normalized spacial score (nSPS) is 16.2. The fourth-order valence-electron chi connectivity index (χ4n) is 3.56. The summed E-state index contributed by atoms with van der Waals surface area (Å²) in [6, 6.07) is 21.7. The molecule has 1 amide bonds. The van der Waals surface area contributed by atoms with E-state index < -0.39 is 0 Å². The third-order valence-electron chi connectivity index (χ3n) is 5.08. The van der Waals surface area contributed by atoms with Gasteiger partial charge in [0.1, 0.15) is 5.82 Å². The SMILES string of the molecule is O=C1NC(=Nc2ccc(F)cc2)S/C1=C/c1cn(Cc2ccc(Cl)cc2)c2ccccc12. The molecule has 1 N–H and O–H groups in total. The lowest BCUT2D eigenvalue weighted by molar-refractivity contribution is -0.115. The maximum absolute atomic E-state index is 13.1. The van der Waals surface area contributed by atoms with Crippen molar-refractivity contribution in [1.29, 1.82) is 0 Å². The van der Waals surface area contributed by atoms with E-state index in [2.05, 4.69) is 27.1 Å². The van der Waals surface area contributed by atoms with Crippen LogP contribution in [0.5, 0.6) is 0 Å². The fraction of sp³-hybridized carbons (Fsp3) is 0.0400. The Morgan fingerprint density at radius 2 is 1.78 bits per heavy atom. The van der Waals surface area contributed by atoms with Crippen LogP contribution in [0.3, 0.4) is 0 Å². The fourth-order valence-corrected chi connectivity index (χ4v) is 4.52. The van der Waals surface area contributed by atoms with Gasteiger partial charge in [-0.25, -0.2) is 9.38 Å². The van der Waals surface area contributed by atoms with Crippen molar-refractivity contribution < 1.29 is 9.18 Å². The summed E-state index contributed by atoms with van der Waals surface area (Å²) in [5.41, 5.74) is 3.75. The van der Waals surface area contributed by atoms with Crippen LogP contribution < -0.4 is 5.32 Å². The molecule has 0 atom stereocenters. The molecule has 5 rings (SSSR count). The molecule has 0 unspecified atom stereocenters. The number of aliphatic imine (C=N–C) groups is 1. The smallest absolute Gasteiger partial charge is 0.264 e. The molecule has 0 aliphatic carbocycles. The molecule has 3 aromatic carbocycles. The molecule has 1 saturated heterocycles. The number of amidine groups is 1. The minimum atomic E-state index is -0.326. The highest BCUT2D eigenvalue weighted by Gasteiger charge is 2.24. The van der Waals surface area contributed by atoms with Gasteiger partial charge in [0.15, 0.2) is 5.17 Å². The first-order valence-corrected chi connectivity index (χ1v) is 11.1. The number of thioether (sulfide) groups is 1. The Hall–Kier alpha value is -3.35. The highest BCUT2D eigenvalue weighted by molar-refractivity contribution is 8.18. The standard InChI is InChI=1S/C25H17ClFN3OS/c26-18-7-5-16(6-8-18)14-30-15-17(21-3-1-2-4-22(21)30)13-23-24(31)29-25(32-23)28-20-11-9-19(27)10-12-20/h1-13,15H,14H2,(H,28,29,31)/b23-13+. The first-order chi connectivity index (χ1) is 15.5. The second-order valence-corrected chi connectivity index (χ2v) is 8.78. The maximum Gasteiger partial charge on any atom is 0.264 e. The van der Waals surface area contributed by atoms with Gasteiger partial charge in [-0.3, -0.25) is 4.79 Å². The molecule has 1 fully saturated rings. The number of hydrogen-bond acceptors (Lipinski definition) is 3. The first-order valence-electron chi connectivity index (χ1n) is 9.93. The van der Waals surface area contributed by atoms with Crippen LogP contribution in [-0.2, 0) is 11.3 Å². The molecular formula is C25H17ClFN3OS. The number of fused-ring (bicyclic) bond motifs is 1. The minimum absolute atomic E-state index is 0.203. The summed E-state index contributed by atoms with van der Waals surface area (Å²) in [5, 5.41) is 5.02. The van der Waals surface area contributed by atoms with Crippen molar-refractivity contribution in [2.45, 2.75) is 6.54 Å². The van der Waals surface area contributed by atoms with Crippen molar-refractivity contribution in [3.63, 3.8) is 0 Å². The molecule has 1 aromatic heterocycles. The van der Waals surface area contributed by atoms with Gasteiger partial charge in [-0.15, -0.1) is 0 Å². The van der Waals surface area contributed by atoms with Crippen LogP contribution in [0.15, 0.2) is 88.9 Å². The Bertz CT molecular complexity index is 1370. The zero-order valence-electron chi connectivity index (χ0n) is 16.8. The first kappa shape index (κ1) is 20.5. The summed E-state index contributed by atoms with van der Waals surface area (Å²) in [6.07, 6.45) is 3.93. The number of para-hydroxylation sites is 1. The van der Waals surface area contributed by atoms with Crippen LogP contribution in [0.1, 0.15) is 11.1 Å². The average molecular weight is 462 g/mol. The summed E-state index contributed by atoms with van der Waals surface area (Å²) >= 11 is 7.28. The summed E-state index contributed by atoms with van der Waals surface area (Å²) in [4.78, 5) is 17.5. The lowest BCUT2D eigenvalue weighted by Gasteiger charge is -2.05. The Labute approximate surface area is 193 Å². The number of rotatable bonds is 4. The van der Waals surface area contributed by atoms with Crippen LogP contribution in [0, 0.1) is 5.82 Å². The number of hydrogen-bond donors (Lipinski definition) is 1. The summed E-state index contributed by atoms with van der Waals surface area (Å²) in [5.74, 6) is -0.530. The molecule has 7 heteroatoms. The van der Waals surface area contributed by atoms with Crippen LogP contribution in [0.2, 0.25) is 5.02 Å². The third-order valence-corrected chi connectivity index (χ3v) is 6.24. The van der Waals surface area contributed by atoms with E-state index in [-0.39, 0.29) is 11.7 Å². The summed E-state index contributed by atoms with van der Waals surface area (Å²) in [7, 11) is 0. The quantitative estimate of drug-likeness (QED) is 0.359. The monoisotopic (exact) mass is 461 g/mol. The van der Waals surface area contributed by atoms with E-state index in [1.165, 1.54) is 23.9 Å². The van der Waals surface area contributed by atoms with Gasteiger partial charge in [0.25, 0.3) is 5.91 Å². The summed E-state index contributed by atoms with van der Waals surface area (Å²) in [6.45, 7) is 0.692. The van der Waals surface area contributed by atoms with E-state index in [0.717, 1.165) is 22.0 Å². The van der Waals surface area contributed by atoms with E-state index in [9.17, 15) is 9.18 Å². The molecule has 158 valence electrons. The van der Waals surface area contributed by atoms with Gasteiger partial charge in [-0.1, -0.05) is 41.9 Å². The van der Waals surface area contributed by atoms with E-state index in [0.29, 0.717) is 27.3 Å². The molecule has 1 aliphatic heterocycles. The van der Waals surface area contributed by atoms with Gasteiger partial charge in [-0.2, -0.15) is 0 Å². The van der Waals surface area contributed by atoms with E-state index in [1.807, 2.05) is 48.5 Å². The lowest BCUT2D eigenvalue weighted by Crippen LogP contribution is -2.19. The highest BCUT2D eigenvalue weighted by Crippen LogP contribution is 2.31. The number of benzene rings is 3. The molecule has 2 heterocycles. The van der Waals surface area contributed by atoms with Crippen LogP contribution in [0.25, 0.3) is 17.0 Å². The van der Waals surface area contributed by atoms with Crippen LogP contribution >= 0.6 is 23.4 Å². The van der Waals surface area contributed by atoms with Gasteiger partial charge >= 0.3 is 0 Å². The molecule has 0 saturated carbocycles. The highest BCUT2D eigenvalue weighted by atomic mass is 35.5. The third kappa shape index (κ3) is 4.33. The van der Waals surface area contributed by atoms with Gasteiger partial charge in [0.2, 0.25) is 0 Å². The second kappa shape index (κ2) is 8.65. The molecule has 0 spiro atoms. The largest absolute Gasteiger partial charge is 0.342 e. The lowest BCUT2D eigenvalue weighted by atomic mass is 10.1. The second-order valence-electron chi connectivity index (χ2n) is 7.31. The number of nitrogens with zero attached hydrogens (tertiary/aromatic N) is 2. The molecule has 0 bridgehead atoms. The number of amides is 1. The Morgan fingerprint density at radius 1 is 1.03 bits per heavy atom. The average Bonchev–Trinajstić information content (AvgIpc) is 3.31. The van der Waals surface area contributed by atoms with E-state index in [1.54, 1.807) is 12.1 Å². The van der Waals surface area contributed by atoms with Crippen molar-refractivity contribution in [2.75, 3.05) is 0 Å². The Kier molecular flexibility index (Phi) is 5.55. The predicted octanol–water partition coefficient (Wildman–Crippen LogP) is 6.37. The topological polar surface area (TPSA) is 46.4 Å². The number of aromatic nitrogens is 1.